The number of hydrogen-bond donors (Lipinski definition) is 1. The molecule has 1 N–H and O–H groups in total. The normalized spacial score (nSPS) is 10.7. The van der Waals surface area contributed by atoms with E-state index in [1.807, 2.05) is 64.0 Å². The predicted octanol–water partition coefficient (Wildman–Crippen LogP) is 3.04. The first-order chi connectivity index (χ1) is 11.7. The Hall–Kier alpha value is -2.59. The van der Waals surface area contributed by atoms with E-state index in [4.69, 9.17) is 11.6 Å². The molecule has 0 radical (unpaired) electrons. The number of aromatic nitrogens is 2. The topological polar surface area (TPSA) is 37.9 Å². The molecule has 0 spiro atoms. The number of nitrogens with zero attached hydrogens (tertiary/aromatic N) is 2. The Morgan fingerprint density at radius 2 is 1.96 bits per heavy atom. The van der Waals surface area contributed by atoms with Crippen molar-refractivity contribution in [2.75, 3.05) is 6.54 Å². The summed E-state index contributed by atoms with van der Waals surface area (Å²) >= 11 is 5.87. The maximum atomic E-state index is 12.2. The molecule has 24 heavy (non-hydrogen) atoms. The molecule has 122 valence electrons. The van der Waals surface area contributed by atoms with Crippen LogP contribution in [0.25, 0.3) is 17.2 Å². The summed E-state index contributed by atoms with van der Waals surface area (Å²) in [6, 6.07) is 15.6. The number of hydrogen-bond acceptors (Lipinski definition) is 1. The lowest BCUT2D eigenvalue weighted by Gasteiger charge is -2.04. The predicted molar refractivity (Wildman–Crippen MR) is 96.7 cm³/mol. The number of para-hydroxylation sites is 2. The number of amides is 1. The zero-order valence-corrected chi connectivity index (χ0v) is 14.0. The van der Waals surface area contributed by atoms with Crippen molar-refractivity contribution in [3.8, 4) is 0 Å². The first kappa shape index (κ1) is 16.3. The molecule has 4 nitrogen and oxygen atoms in total. The van der Waals surface area contributed by atoms with Crippen molar-refractivity contribution in [3.05, 3.63) is 72.0 Å². The number of halogens is 1. The molecule has 0 saturated carbocycles. The van der Waals surface area contributed by atoms with E-state index in [2.05, 4.69) is 11.9 Å². The maximum absolute atomic E-state index is 12.2. The SMILES string of the molecule is C=Cn1c[n+](CC(=O)NCCc2ccc(Cl)cc2)c2ccccc21. The lowest BCUT2D eigenvalue weighted by molar-refractivity contribution is -0.658. The molecule has 1 aromatic heterocycles. The molecule has 0 unspecified atom stereocenters. The van der Waals surface area contributed by atoms with Gasteiger partial charge >= 0.3 is 0 Å². The van der Waals surface area contributed by atoms with Crippen LogP contribution < -0.4 is 9.88 Å². The molecule has 1 amide bonds. The fraction of sp³-hybridized carbons (Fsp3) is 0.158. The summed E-state index contributed by atoms with van der Waals surface area (Å²) in [6.07, 6.45) is 4.40. The number of benzene rings is 2. The van der Waals surface area contributed by atoms with Crippen molar-refractivity contribution in [3.63, 3.8) is 0 Å². The van der Waals surface area contributed by atoms with Gasteiger partial charge in [0.2, 0.25) is 6.33 Å². The molecule has 0 aliphatic carbocycles. The van der Waals surface area contributed by atoms with E-state index >= 15 is 0 Å². The molecule has 0 atom stereocenters. The summed E-state index contributed by atoms with van der Waals surface area (Å²) in [5.41, 5.74) is 3.18. The third-order valence-electron chi connectivity index (χ3n) is 3.89. The molecule has 0 saturated heterocycles. The smallest absolute Gasteiger partial charge is 0.262 e. The van der Waals surface area contributed by atoms with Crippen molar-refractivity contribution >= 4 is 34.7 Å². The molecule has 0 fully saturated rings. The first-order valence-electron chi connectivity index (χ1n) is 7.80. The molecule has 0 aliphatic rings. The van der Waals surface area contributed by atoms with E-state index in [0.29, 0.717) is 6.54 Å². The Kier molecular flexibility index (Phi) is 4.96. The van der Waals surface area contributed by atoms with Gasteiger partial charge in [-0.2, -0.15) is 0 Å². The first-order valence-corrected chi connectivity index (χ1v) is 8.18. The number of carbonyl (C=O) groups excluding carboxylic acids is 1. The van der Waals surface area contributed by atoms with Gasteiger partial charge in [-0.1, -0.05) is 42.4 Å². The molecular weight excluding hydrogens is 322 g/mol. The number of carbonyl (C=O) groups is 1. The fourth-order valence-electron chi connectivity index (χ4n) is 2.68. The lowest BCUT2D eigenvalue weighted by Crippen LogP contribution is -2.42. The van der Waals surface area contributed by atoms with Crippen molar-refractivity contribution in [2.45, 2.75) is 13.0 Å². The molecule has 0 bridgehead atoms. The van der Waals surface area contributed by atoms with Crippen LogP contribution in [0.5, 0.6) is 0 Å². The second-order valence-electron chi connectivity index (χ2n) is 5.55. The molecule has 3 aromatic rings. The lowest BCUT2D eigenvalue weighted by atomic mass is 10.1. The van der Waals surface area contributed by atoms with Crippen LogP contribution >= 0.6 is 11.6 Å². The summed E-state index contributed by atoms with van der Waals surface area (Å²) in [7, 11) is 0. The van der Waals surface area contributed by atoms with Gasteiger partial charge < -0.3 is 5.32 Å². The van der Waals surface area contributed by atoms with E-state index in [9.17, 15) is 4.79 Å². The van der Waals surface area contributed by atoms with Crippen LogP contribution in [0.2, 0.25) is 5.02 Å². The summed E-state index contributed by atoms with van der Waals surface area (Å²) in [6.45, 7) is 4.68. The number of nitrogens with one attached hydrogen (secondary N) is 1. The number of imidazole rings is 1. The fourth-order valence-corrected chi connectivity index (χ4v) is 2.81. The molecule has 1 heterocycles. The summed E-state index contributed by atoms with van der Waals surface area (Å²) in [4.78, 5) is 12.2. The highest BCUT2D eigenvalue weighted by Gasteiger charge is 2.15. The highest BCUT2D eigenvalue weighted by atomic mass is 35.5. The van der Waals surface area contributed by atoms with E-state index in [1.54, 1.807) is 6.20 Å². The highest BCUT2D eigenvalue weighted by Crippen LogP contribution is 2.11. The van der Waals surface area contributed by atoms with Crippen LogP contribution in [0, 0.1) is 0 Å². The van der Waals surface area contributed by atoms with Crippen molar-refractivity contribution in [1.29, 1.82) is 0 Å². The standard InChI is InChI=1S/C19H18ClN3O/c1-2-22-14-23(18-6-4-3-5-17(18)22)13-19(24)21-12-11-15-7-9-16(20)10-8-15/h2-10,14H,1,11-13H2/p+1. The van der Waals surface area contributed by atoms with Crippen LogP contribution in [-0.2, 0) is 17.8 Å². The van der Waals surface area contributed by atoms with Gasteiger partial charge in [0, 0.05) is 11.6 Å². The van der Waals surface area contributed by atoms with Crippen molar-refractivity contribution in [2.24, 2.45) is 0 Å². The summed E-state index contributed by atoms with van der Waals surface area (Å²) < 4.78 is 3.84. The Morgan fingerprint density at radius 3 is 2.71 bits per heavy atom. The second-order valence-corrected chi connectivity index (χ2v) is 5.98. The van der Waals surface area contributed by atoms with Gasteiger partial charge in [-0.25, -0.2) is 9.13 Å². The molecular formula is C19H19ClN3O+. The van der Waals surface area contributed by atoms with Gasteiger partial charge in [-0.3, -0.25) is 4.79 Å². The van der Waals surface area contributed by atoms with E-state index in [0.717, 1.165) is 28.0 Å². The number of rotatable bonds is 6. The van der Waals surface area contributed by atoms with Crippen LogP contribution in [0.1, 0.15) is 5.56 Å². The third-order valence-corrected chi connectivity index (χ3v) is 4.14. The summed E-state index contributed by atoms with van der Waals surface area (Å²) in [5.74, 6) is -0.0130. The van der Waals surface area contributed by atoms with Crippen molar-refractivity contribution < 1.29 is 9.36 Å². The van der Waals surface area contributed by atoms with E-state index in [1.165, 1.54) is 0 Å². The highest BCUT2D eigenvalue weighted by molar-refractivity contribution is 6.30. The monoisotopic (exact) mass is 340 g/mol. The zero-order valence-electron chi connectivity index (χ0n) is 13.3. The van der Waals surface area contributed by atoms with Gasteiger partial charge in [0.1, 0.15) is 0 Å². The van der Waals surface area contributed by atoms with E-state index < -0.39 is 0 Å². The third kappa shape index (κ3) is 3.66. The molecule has 3 rings (SSSR count). The average molecular weight is 341 g/mol. The van der Waals surface area contributed by atoms with Gasteiger partial charge in [-0.05, 0) is 36.2 Å². The van der Waals surface area contributed by atoms with Gasteiger partial charge in [0.05, 0.1) is 6.20 Å². The van der Waals surface area contributed by atoms with Gasteiger partial charge in [0.15, 0.2) is 17.6 Å². The summed E-state index contributed by atoms with van der Waals surface area (Å²) in [5, 5.41) is 3.68. The number of fused-ring (bicyclic) bond motifs is 1. The van der Waals surface area contributed by atoms with Crippen molar-refractivity contribution in [1.82, 2.24) is 9.88 Å². The zero-order chi connectivity index (χ0) is 16.9. The van der Waals surface area contributed by atoms with E-state index in [-0.39, 0.29) is 12.5 Å². The van der Waals surface area contributed by atoms with Gasteiger partial charge in [-0.15, -0.1) is 0 Å². The Morgan fingerprint density at radius 1 is 1.21 bits per heavy atom. The molecule has 0 aliphatic heterocycles. The molecule has 2 aromatic carbocycles. The average Bonchev–Trinajstić information content (AvgIpc) is 2.95. The van der Waals surface area contributed by atoms with Gasteiger partial charge in [0.25, 0.3) is 5.91 Å². The Balaban J connectivity index is 1.61. The Labute approximate surface area is 146 Å². The maximum Gasteiger partial charge on any atom is 0.262 e. The minimum atomic E-state index is -0.0130. The second kappa shape index (κ2) is 7.32. The van der Waals surface area contributed by atoms with Crippen LogP contribution in [0.4, 0.5) is 0 Å². The van der Waals surface area contributed by atoms with Crippen LogP contribution in [-0.4, -0.2) is 17.0 Å². The quantitative estimate of drug-likeness (QED) is 0.688. The minimum absolute atomic E-state index is 0.0130. The Bertz CT molecular complexity index is 868. The van der Waals surface area contributed by atoms with Crippen LogP contribution in [0.3, 0.4) is 0 Å². The minimum Gasteiger partial charge on any atom is -0.352 e. The van der Waals surface area contributed by atoms with Crippen LogP contribution in [0.15, 0.2) is 61.4 Å². The largest absolute Gasteiger partial charge is 0.352 e. The molecule has 5 heteroatoms.